The van der Waals surface area contributed by atoms with Crippen LogP contribution in [0.2, 0.25) is 0 Å². The molecule has 1 atom stereocenters. The summed E-state index contributed by atoms with van der Waals surface area (Å²) in [6, 6.07) is 0. The van der Waals surface area contributed by atoms with Crippen molar-refractivity contribution in [1.82, 2.24) is 0 Å². The molecule has 1 unspecified atom stereocenters. The van der Waals surface area contributed by atoms with Gasteiger partial charge in [-0.2, -0.15) is 0 Å². The Morgan fingerprint density at radius 2 is 2.13 bits per heavy atom. The summed E-state index contributed by atoms with van der Waals surface area (Å²) in [5, 5.41) is 0.381. The predicted octanol–water partition coefficient (Wildman–Crippen LogP) is 1.70. The highest BCUT2D eigenvalue weighted by Crippen LogP contribution is 2.41. The lowest BCUT2D eigenvalue weighted by Gasteiger charge is -2.10. The molecule has 0 aromatic carbocycles. The maximum absolute atomic E-state index is 11.1. The Hall–Kier alpha value is -0.160. The van der Waals surface area contributed by atoms with E-state index in [1.165, 1.54) is 6.92 Å². The maximum Gasteiger partial charge on any atom is 0.333 e. The quantitative estimate of drug-likeness (QED) is 0.255. The standard InChI is InChI=1S/C8H14BrO5P/c1-7(2)8(10)13-4-5-14-15(11,12)6-3-9/h1,3-6H2,2H3,(H,11,12). The number of hydrogen-bond acceptors (Lipinski definition) is 4. The molecule has 0 saturated carbocycles. The van der Waals surface area contributed by atoms with Gasteiger partial charge in [0.05, 0.1) is 12.8 Å². The summed E-state index contributed by atoms with van der Waals surface area (Å²) in [7, 11) is -3.54. The van der Waals surface area contributed by atoms with E-state index in [4.69, 9.17) is 4.89 Å². The van der Waals surface area contributed by atoms with Gasteiger partial charge < -0.3 is 14.2 Å². The second-order valence-corrected chi connectivity index (χ2v) is 5.57. The van der Waals surface area contributed by atoms with E-state index >= 15 is 0 Å². The van der Waals surface area contributed by atoms with Crippen molar-refractivity contribution in [2.24, 2.45) is 0 Å². The van der Waals surface area contributed by atoms with Gasteiger partial charge in [-0.1, -0.05) is 22.5 Å². The molecule has 1 N–H and O–H groups in total. The summed E-state index contributed by atoms with van der Waals surface area (Å²) in [5.74, 6) is -0.535. The van der Waals surface area contributed by atoms with Gasteiger partial charge in [0.15, 0.2) is 0 Å². The normalized spacial score (nSPS) is 14.3. The third-order valence-electron chi connectivity index (χ3n) is 1.33. The van der Waals surface area contributed by atoms with Crippen LogP contribution in [-0.2, 0) is 18.6 Å². The van der Waals surface area contributed by atoms with Crippen LogP contribution in [0.15, 0.2) is 12.2 Å². The van der Waals surface area contributed by atoms with E-state index in [0.717, 1.165) is 0 Å². The van der Waals surface area contributed by atoms with Crippen molar-refractivity contribution in [2.75, 3.05) is 24.7 Å². The summed E-state index contributed by atoms with van der Waals surface area (Å²) in [5.41, 5.74) is 0.280. The number of alkyl halides is 1. The first-order valence-electron chi connectivity index (χ1n) is 4.24. The van der Waals surface area contributed by atoms with E-state index in [1.807, 2.05) is 0 Å². The van der Waals surface area contributed by atoms with Gasteiger partial charge in [-0.25, -0.2) is 4.79 Å². The first kappa shape index (κ1) is 14.8. The zero-order chi connectivity index (χ0) is 11.9. The van der Waals surface area contributed by atoms with Crippen LogP contribution in [0.5, 0.6) is 0 Å². The molecule has 0 heterocycles. The number of hydrogen-bond donors (Lipinski definition) is 1. The van der Waals surface area contributed by atoms with Crippen molar-refractivity contribution in [2.45, 2.75) is 6.92 Å². The molecular formula is C8H14BrO5P. The van der Waals surface area contributed by atoms with E-state index in [-0.39, 0.29) is 24.9 Å². The monoisotopic (exact) mass is 300 g/mol. The van der Waals surface area contributed by atoms with Gasteiger partial charge in [-0.3, -0.25) is 4.57 Å². The van der Waals surface area contributed by atoms with E-state index in [9.17, 15) is 9.36 Å². The van der Waals surface area contributed by atoms with Gasteiger partial charge >= 0.3 is 13.6 Å². The minimum Gasteiger partial charge on any atom is -0.460 e. The number of halogens is 1. The Bertz CT molecular complexity index is 278. The summed E-state index contributed by atoms with van der Waals surface area (Å²) in [6.07, 6.45) is 0.0292. The maximum atomic E-state index is 11.1. The minimum atomic E-state index is -3.54. The number of esters is 1. The molecule has 0 aliphatic rings. The van der Waals surface area contributed by atoms with Crippen LogP contribution >= 0.6 is 23.5 Å². The molecular weight excluding hydrogens is 287 g/mol. The van der Waals surface area contributed by atoms with Gasteiger partial charge in [0.2, 0.25) is 0 Å². The number of ether oxygens (including phenoxy) is 1. The van der Waals surface area contributed by atoms with Crippen LogP contribution < -0.4 is 0 Å². The molecule has 0 fully saturated rings. The average molecular weight is 301 g/mol. The molecule has 15 heavy (non-hydrogen) atoms. The fourth-order valence-electron chi connectivity index (χ4n) is 0.609. The number of carbonyl (C=O) groups excluding carboxylic acids is 1. The van der Waals surface area contributed by atoms with Crippen molar-refractivity contribution >= 4 is 29.5 Å². The first-order valence-corrected chi connectivity index (χ1v) is 7.12. The zero-order valence-electron chi connectivity index (χ0n) is 8.44. The van der Waals surface area contributed by atoms with Crippen LogP contribution in [0.25, 0.3) is 0 Å². The molecule has 5 nitrogen and oxygen atoms in total. The second-order valence-electron chi connectivity index (χ2n) is 2.80. The third kappa shape index (κ3) is 7.73. The van der Waals surface area contributed by atoms with E-state index in [2.05, 4.69) is 31.8 Å². The molecule has 7 heteroatoms. The van der Waals surface area contributed by atoms with E-state index in [0.29, 0.717) is 5.33 Å². The Labute approximate surface area is 97.1 Å². The van der Waals surface area contributed by atoms with E-state index < -0.39 is 13.6 Å². The van der Waals surface area contributed by atoms with Crippen LogP contribution in [0.4, 0.5) is 0 Å². The fourth-order valence-corrected chi connectivity index (χ4v) is 2.66. The Kier molecular flexibility index (Phi) is 7.09. The summed E-state index contributed by atoms with van der Waals surface area (Å²) < 4.78 is 20.5. The Balaban J connectivity index is 3.67. The molecule has 0 aliphatic carbocycles. The molecule has 0 spiro atoms. The van der Waals surface area contributed by atoms with Gasteiger partial charge in [0.1, 0.15) is 6.61 Å². The van der Waals surface area contributed by atoms with Crippen molar-refractivity contribution in [3.63, 3.8) is 0 Å². The molecule has 0 saturated heterocycles. The van der Waals surface area contributed by atoms with Crippen molar-refractivity contribution in [3.8, 4) is 0 Å². The minimum absolute atomic E-state index is 0.0292. The highest BCUT2D eigenvalue weighted by molar-refractivity contribution is 9.09. The van der Waals surface area contributed by atoms with Crippen molar-refractivity contribution in [3.05, 3.63) is 12.2 Å². The van der Waals surface area contributed by atoms with Gasteiger partial charge in [0.25, 0.3) is 0 Å². The number of carbonyl (C=O) groups is 1. The lowest BCUT2D eigenvalue weighted by molar-refractivity contribution is -0.139. The third-order valence-corrected chi connectivity index (χ3v) is 3.71. The lowest BCUT2D eigenvalue weighted by Crippen LogP contribution is -2.10. The molecule has 0 bridgehead atoms. The first-order chi connectivity index (χ1) is 6.89. The Morgan fingerprint density at radius 3 is 2.60 bits per heavy atom. The van der Waals surface area contributed by atoms with Crippen LogP contribution in [0.3, 0.4) is 0 Å². The van der Waals surface area contributed by atoms with Crippen LogP contribution in [0.1, 0.15) is 6.92 Å². The fraction of sp³-hybridized carbons (Fsp3) is 0.625. The smallest absolute Gasteiger partial charge is 0.333 e. The van der Waals surface area contributed by atoms with Gasteiger partial charge in [-0.05, 0) is 6.92 Å². The largest absolute Gasteiger partial charge is 0.460 e. The zero-order valence-corrected chi connectivity index (χ0v) is 10.9. The number of rotatable bonds is 7. The molecule has 0 radical (unpaired) electrons. The van der Waals surface area contributed by atoms with Crippen LogP contribution in [0, 0.1) is 0 Å². The molecule has 0 aromatic heterocycles. The van der Waals surface area contributed by atoms with Gasteiger partial charge in [0, 0.05) is 10.9 Å². The topological polar surface area (TPSA) is 72.8 Å². The molecule has 0 aromatic rings. The van der Waals surface area contributed by atoms with Gasteiger partial charge in [-0.15, -0.1) is 0 Å². The van der Waals surface area contributed by atoms with Crippen LogP contribution in [-0.4, -0.2) is 35.6 Å². The molecule has 0 rings (SSSR count). The predicted molar refractivity (Wildman–Crippen MR) is 60.2 cm³/mol. The Morgan fingerprint density at radius 1 is 1.53 bits per heavy atom. The van der Waals surface area contributed by atoms with E-state index in [1.54, 1.807) is 0 Å². The molecule has 88 valence electrons. The molecule has 0 amide bonds. The highest BCUT2D eigenvalue weighted by atomic mass is 79.9. The lowest BCUT2D eigenvalue weighted by atomic mass is 10.4. The average Bonchev–Trinajstić information content (AvgIpc) is 2.11. The summed E-state index contributed by atoms with van der Waals surface area (Å²) in [6.45, 7) is 4.75. The highest BCUT2D eigenvalue weighted by Gasteiger charge is 2.17. The summed E-state index contributed by atoms with van der Waals surface area (Å²) >= 11 is 3.03. The molecule has 0 aliphatic heterocycles. The second kappa shape index (κ2) is 7.17. The van der Waals surface area contributed by atoms with Crippen molar-refractivity contribution in [1.29, 1.82) is 0 Å². The SMILES string of the molecule is C=C(C)C(=O)OCCOP(=O)(O)CCBr. The van der Waals surface area contributed by atoms with Crippen molar-refractivity contribution < 1.29 is 23.5 Å². The summed E-state index contributed by atoms with van der Waals surface area (Å²) in [4.78, 5) is 20.0.